The van der Waals surface area contributed by atoms with Gasteiger partial charge in [0, 0.05) is 26.3 Å². The maximum atomic E-state index is 5.57. The van der Waals surface area contributed by atoms with Crippen LogP contribution in [0.25, 0.3) is 0 Å². The van der Waals surface area contributed by atoms with Crippen molar-refractivity contribution in [3.63, 3.8) is 0 Å². The van der Waals surface area contributed by atoms with Crippen LogP contribution in [0.3, 0.4) is 0 Å². The van der Waals surface area contributed by atoms with E-state index in [4.69, 9.17) is 4.74 Å². The highest BCUT2D eigenvalue weighted by atomic mass is 16.5. The van der Waals surface area contributed by atoms with Gasteiger partial charge >= 0.3 is 0 Å². The maximum absolute atomic E-state index is 5.57. The summed E-state index contributed by atoms with van der Waals surface area (Å²) in [6, 6.07) is 0. The predicted octanol–water partition coefficient (Wildman–Crippen LogP) is 1.39. The van der Waals surface area contributed by atoms with E-state index in [9.17, 15) is 0 Å². The molecule has 0 radical (unpaired) electrons. The summed E-state index contributed by atoms with van der Waals surface area (Å²) in [7, 11) is 0. The van der Waals surface area contributed by atoms with Gasteiger partial charge in [0.1, 0.15) is 0 Å². The van der Waals surface area contributed by atoms with Crippen molar-refractivity contribution in [2.45, 2.75) is 32.1 Å². The van der Waals surface area contributed by atoms with Crippen molar-refractivity contribution in [3.8, 4) is 0 Å². The topological polar surface area (TPSA) is 33.3 Å². The first kappa shape index (κ1) is 12.3. The summed E-state index contributed by atoms with van der Waals surface area (Å²) in [5.41, 5.74) is 0. The minimum Gasteiger partial charge on any atom is -0.381 e. The van der Waals surface area contributed by atoms with Crippen LogP contribution in [0.15, 0.2) is 0 Å². The molecule has 0 bridgehead atoms. The fourth-order valence-corrected chi connectivity index (χ4v) is 1.76. The molecule has 0 aromatic carbocycles. The first-order valence-electron chi connectivity index (χ1n) is 6.94. The minimum atomic E-state index is 0.902. The standard InChI is InChI=1S/C13H26N2O/c1(9-16-11-13-4-5-13)6-14-7-8-15-10-12-2-3-12/h12-15H,1-11H2. The van der Waals surface area contributed by atoms with Gasteiger partial charge in [-0.3, -0.25) is 0 Å². The second kappa shape index (κ2) is 7.25. The zero-order valence-corrected chi connectivity index (χ0v) is 10.3. The molecular formula is C13H26N2O. The molecule has 0 unspecified atom stereocenters. The monoisotopic (exact) mass is 226 g/mol. The lowest BCUT2D eigenvalue weighted by molar-refractivity contribution is 0.122. The predicted molar refractivity (Wildman–Crippen MR) is 66.6 cm³/mol. The lowest BCUT2D eigenvalue weighted by Crippen LogP contribution is -2.29. The van der Waals surface area contributed by atoms with E-state index in [-0.39, 0.29) is 0 Å². The molecule has 0 heterocycles. The molecule has 2 fully saturated rings. The highest BCUT2D eigenvalue weighted by Gasteiger charge is 2.21. The molecule has 0 aliphatic heterocycles. The number of ether oxygens (including phenoxy) is 1. The summed E-state index contributed by atoms with van der Waals surface area (Å²) in [5, 5.41) is 6.92. The van der Waals surface area contributed by atoms with Gasteiger partial charge in [0.25, 0.3) is 0 Å². The molecule has 2 saturated carbocycles. The van der Waals surface area contributed by atoms with Gasteiger partial charge in [-0.2, -0.15) is 0 Å². The third-order valence-electron chi connectivity index (χ3n) is 3.30. The molecule has 0 atom stereocenters. The highest BCUT2D eigenvalue weighted by molar-refractivity contribution is 4.75. The Morgan fingerprint density at radius 2 is 1.62 bits per heavy atom. The molecule has 0 amide bonds. The zero-order chi connectivity index (χ0) is 11.1. The van der Waals surface area contributed by atoms with E-state index in [1.54, 1.807) is 0 Å². The zero-order valence-electron chi connectivity index (χ0n) is 10.3. The van der Waals surface area contributed by atoms with E-state index in [2.05, 4.69) is 10.6 Å². The molecule has 0 aromatic heterocycles. The molecule has 3 nitrogen and oxygen atoms in total. The molecule has 2 N–H and O–H groups in total. The van der Waals surface area contributed by atoms with Crippen LogP contribution in [0.4, 0.5) is 0 Å². The number of hydrogen-bond donors (Lipinski definition) is 2. The Bertz CT molecular complexity index is 159. The molecule has 2 aliphatic carbocycles. The van der Waals surface area contributed by atoms with Crippen LogP contribution in [0, 0.1) is 11.8 Å². The molecule has 3 heteroatoms. The van der Waals surface area contributed by atoms with Crippen LogP contribution in [-0.4, -0.2) is 39.4 Å². The maximum Gasteiger partial charge on any atom is 0.0494 e. The molecule has 0 spiro atoms. The van der Waals surface area contributed by atoms with Crippen molar-refractivity contribution in [2.75, 3.05) is 39.4 Å². The van der Waals surface area contributed by atoms with E-state index >= 15 is 0 Å². The molecular weight excluding hydrogens is 200 g/mol. The Balaban J connectivity index is 1.22. The van der Waals surface area contributed by atoms with Gasteiger partial charge in [0.15, 0.2) is 0 Å². The molecule has 2 aliphatic rings. The number of hydrogen-bond acceptors (Lipinski definition) is 3. The van der Waals surface area contributed by atoms with Crippen molar-refractivity contribution in [2.24, 2.45) is 11.8 Å². The quantitative estimate of drug-likeness (QED) is 0.522. The van der Waals surface area contributed by atoms with Crippen LogP contribution in [-0.2, 0) is 4.74 Å². The minimum absolute atomic E-state index is 0.902. The van der Waals surface area contributed by atoms with E-state index in [0.29, 0.717) is 0 Å². The van der Waals surface area contributed by atoms with Gasteiger partial charge < -0.3 is 15.4 Å². The van der Waals surface area contributed by atoms with Gasteiger partial charge in [0.05, 0.1) is 0 Å². The van der Waals surface area contributed by atoms with Gasteiger partial charge in [-0.05, 0) is 57.0 Å². The van der Waals surface area contributed by atoms with Crippen molar-refractivity contribution in [1.29, 1.82) is 0 Å². The third-order valence-corrected chi connectivity index (χ3v) is 3.30. The molecule has 94 valence electrons. The van der Waals surface area contributed by atoms with Gasteiger partial charge in [-0.25, -0.2) is 0 Å². The van der Waals surface area contributed by atoms with Gasteiger partial charge in [-0.15, -0.1) is 0 Å². The summed E-state index contributed by atoms with van der Waals surface area (Å²) in [6.07, 6.45) is 6.82. The van der Waals surface area contributed by atoms with Gasteiger partial charge in [-0.1, -0.05) is 0 Å². The molecule has 16 heavy (non-hydrogen) atoms. The van der Waals surface area contributed by atoms with E-state index in [0.717, 1.165) is 51.1 Å². The average Bonchev–Trinajstić information content (AvgIpc) is 3.14. The Hall–Kier alpha value is -0.120. The summed E-state index contributed by atoms with van der Waals surface area (Å²) in [6.45, 7) is 6.46. The van der Waals surface area contributed by atoms with Crippen LogP contribution in [0.1, 0.15) is 32.1 Å². The fourth-order valence-electron chi connectivity index (χ4n) is 1.76. The largest absolute Gasteiger partial charge is 0.381 e. The average molecular weight is 226 g/mol. The highest BCUT2D eigenvalue weighted by Crippen LogP contribution is 2.28. The van der Waals surface area contributed by atoms with Crippen LogP contribution in [0.5, 0.6) is 0 Å². The van der Waals surface area contributed by atoms with Crippen molar-refractivity contribution in [1.82, 2.24) is 10.6 Å². The lowest BCUT2D eigenvalue weighted by atomic mass is 10.4. The van der Waals surface area contributed by atoms with Crippen molar-refractivity contribution < 1.29 is 4.74 Å². The first-order valence-corrected chi connectivity index (χ1v) is 6.94. The third kappa shape index (κ3) is 6.46. The Morgan fingerprint density at radius 1 is 0.875 bits per heavy atom. The number of nitrogens with one attached hydrogen (secondary N) is 2. The second-order valence-electron chi connectivity index (χ2n) is 5.27. The smallest absolute Gasteiger partial charge is 0.0494 e. The normalized spacial score (nSPS) is 20.2. The summed E-state index contributed by atoms with van der Waals surface area (Å²) in [5.74, 6) is 1.90. The van der Waals surface area contributed by atoms with Crippen molar-refractivity contribution in [3.05, 3.63) is 0 Å². The molecule has 2 rings (SSSR count). The lowest BCUT2D eigenvalue weighted by Gasteiger charge is -2.06. The second-order valence-corrected chi connectivity index (χ2v) is 5.27. The Kier molecular flexibility index (Phi) is 5.59. The van der Waals surface area contributed by atoms with Gasteiger partial charge in [0.2, 0.25) is 0 Å². The first-order chi connectivity index (χ1) is 7.95. The Morgan fingerprint density at radius 3 is 2.38 bits per heavy atom. The molecule has 0 saturated heterocycles. The Labute approximate surface area is 99.3 Å². The van der Waals surface area contributed by atoms with E-state index in [1.807, 2.05) is 0 Å². The summed E-state index contributed by atoms with van der Waals surface area (Å²) >= 11 is 0. The summed E-state index contributed by atoms with van der Waals surface area (Å²) in [4.78, 5) is 0. The number of rotatable bonds is 11. The van der Waals surface area contributed by atoms with E-state index in [1.165, 1.54) is 32.2 Å². The van der Waals surface area contributed by atoms with Crippen LogP contribution in [0.2, 0.25) is 0 Å². The van der Waals surface area contributed by atoms with Crippen LogP contribution < -0.4 is 10.6 Å². The van der Waals surface area contributed by atoms with Crippen molar-refractivity contribution >= 4 is 0 Å². The van der Waals surface area contributed by atoms with Crippen LogP contribution >= 0.6 is 0 Å². The summed E-state index contributed by atoms with van der Waals surface area (Å²) < 4.78 is 5.57. The fraction of sp³-hybridized carbons (Fsp3) is 1.00. The van der Waals surface area contributed by atoms with E-state index < -0.39 is 0 Å². The SMILES string of the molecule is C(CNCCNCC1CC1)COCC1CC1. The molecule has 0 aromatic rings.